The van der Waals surface area contributed by atoms with Gasteiger partial charge in [-0.2, -0.15) is 0 Å². The van der Waals surface area contributed by atoms with Crippen molar-refractivity contribution in [1.29, 1.82) is 0 Å². The first-order valence-electron chi connectivity index (χ1n) is 5.10. The van der Waals surface area contributed by atoms with Crippen LogP contribution in [0.15, 0.2) is 18.2 Å². The third-order valence-corrected chi connectivity index (χ3v) is 2.97. The van der Waals surface area contributed by atoms with E-state index in [0.717, 1.165) is 27.6 Å². The van der Waals surface area contributed by atoms with Crippen LogP contribution in [0.4, 0.5) is 5.13 Å². The Morgan fingerprint density at radius 1 is 1.40 bits per heavy atom. The van der Waals surface area contributed by atoms with Gasteiger partial charge in [0, 0.05) is 6.54 Å². The maximum atomic E-state index is 5.44. The number of nitrogens with zero attached hydrogens (tertiary/aromatic N) is 1. The van der Waals surface area contributed by atoms with Gasteiger partial charge in [-0.25, -0.2) is 4.98 Å². The van der Waals surface area contributed by atoms with Crippen LogP contribution < -0.4 is 10.1 Å². The predicted molar refractivity (Wildman–Crippen MR) is 65.0 cm³/mol. The van der Waals surface area contributed by atoms with Gasteiger partial charge in [-0.1, -0.05) is 11.3 Å². The van der Waals surface area contributed by atoms with Crippen molar-refractivity contribution in [3.05, 3.63) is 18.2 Å². The Kier molecular flexibility index (Phi) is 3.06. The van der Waals surface area contributed by atoms with Gasteiger partial charge in [0.1, 0.15) is 5.75 Å². The minimum atomic E-state index is 0.699. The Morgan fingerprint density at radius 2 is 2.27 bits per heavy atom. The largest absolute Gasteiger partial charge is 0.494 e. The third-order valence-electron chi connectivity index (χ3n) is 2.00. The van der Waals surface area contributed by atoms with E-state index < -0.39 is 0 Å². The molecule has 0 aliphatic heterocycles. The lowest BCUT2D eigenvalue weighted by atomic mass is 10.3. The summed E-state index contributed by atoms with van der Waals surface area (Å²) >= 11 is 1.66. The molecule has 0 saturated carbocycles. The zero-order valence-corrected chi connectivity index (χ0v) is 9.73. The lowest BCUT2D eigenvalue weighted by molar-refractivity contribution is 0.341. The van der Waals surface area contributed by atoms with Gasteiger partial charge in [0.25, 0.3) is 0 Å². The van der Waals surface area contributed by atoms with E-state index in [2.05, 4.69) is 17.2 Å². The first kappa shape index (κ1) is 10.2. The summed E-state index contributed by atoms with van der Waals surface area (Å²) in [4.78, 5) is 4.46. The molecule has 0 saturated heterocycles. The molecule has 3 nitrogen and oxygen atoms in total. The topological polar surface area (TPSA) is 34.2 Å². The molecule has 1 heterocycles. The highest BCUT2D eigenvalue weighted by Crippen LogP contribution is 2.28. The SMILES string of the molecule is CCNc1nc2ccc(OCC)cc2s1. The average molecular weight is 222 g/mol. The summed E-state index contributed by atoms with van der Waals surface area (Å²) in [7, 11) is 0. The number of nitrogens with one attached hydrogen (secondary N) is 1. The van der Waals surface area contributed by atoms with Gasteiger partial charge in [0.05, 0.1) is 16.8 Å². The Morgan fingerprint density at radius 3 is 3.00 bits per heavy atom. The van der Waals surface area contributed by atoms with Gasteiger partial charge in [0.2, 0.25) is 0 Å². The standard InChI is InChI=1S/C11H14N2OS/c1-3-12-11-13-9-6-5-8(14-4-2)7-10(9)15-11/h5-7H,3-4H2,1-2H3,(H,12,13). The van der Waals surface area contributed by atoms with Crippen LogP contribution in [0.25, 0.3) is 10.2 Å². The van der Waals surface area contributed by atoms with Crippen molar-refractivity contribution >= 4 is 26.7 Å². The monoisotopic (exact) mass is 222 g/mol. The summed E-state index contributed by atoms with van der Waals surface area (Å²) in [5.74, 6) is 0.914. The molecule has 0 aliphatic rings. The van der Waals surface area contributed by atoms with Crippen molar-refractivity contribution in [2.24, 2.45) is 0 Å². The fourth-order valence-electron chi connectivity index (χ4n) is 1.39. The number of ether oxygens (including phenoxy) is 1. The Balaban J connectivity index is 2.34. The first-order chi connectivity index (χ1) is 7.33. The lowest BCUT2D eigenvalue weighted by Gasteiger charge is -2.00. The molecule has 0 amide bonds. The molecular formula is C11H14N2OS. The van der Waals surface area contributed by atoms with E-state index >= 15 is 0 Å². The first-order valence-corrected chi connectivity index (χ1v) is 5.92. The molecule has 0 fully saturated rings. The molecule has 1 aromatic heterocycles. The van der Waals surface area contributed by atoms with Crippen LogP contribution in [0.3, 0.4) is 0 Å². The van der Waals surface area contributed by atoms with Crippen molar-refractivity contribution in [3.8, 4) is 5.75 Å². The zero-order valence-electron chi connectivity index (χ0n) is 8.91. The molecule has 80 valence electrons. The van der Waals surface area contributed by atoms with E-state index in [9.17, 15) is 0 Å². The van der Waals surface area contributed by atoms with E-state index in [1.807, 2.05) is 25.1 Å². The summed E-state index contributed by atoms with van der Waals surface area (Å²) in [6.07, 6.45) is 0. The second kappa shape index (κ2) is 4.49. The molecule has 0 aliphatic carbocycles. The summed E-state index contributed by atoms with van der Waals surface area (Å²) < 4.78 is 6.61. The van der Waals surface area contributed by atoms with Crippen LogP contribution in [0.5, 0.6) is 5.75 Å². The molecule has 4 heteroatoms. The molecule has 0 bridgehead atoms. The van der Waals surface area contributed by atoms with Crippen molar-refractivity contribution in [1.82, 2.24) is 4.98 Å². The van der Waals surface area contributed by atoms with Crippen LogP contribution in [-0.2, 0) is 0 Å². The molecule has 2 aromatic rings. The lowest BCUT2D eigenvalue weighted by Crippen LogP contribution is -1.94. The number of anilines is 1. The highest BCUT2D eigenvalue weighted by Gasteiger charge is 2.03. The molecule has 0 radical (unpaired) electrons. The highest BCUT2D eigenvalue weighted by atomic mass is 32.1. The van der Waals surface area contributed by atoms with Crippen LogP contribution in [0, 0.1) is 0 Å². The van der Waals surface area contributed by atoms with Crippen LogP contribution >= 0.6 is 11.3 Å². The third kappa shape index (κ3) is 2.21. The van der Waals surface area contributed by atoms with Gasteiger partial charge in [-0.15, -0.1) is 0 Å². The summed E-state index contributed by atoms with van der Waals surface area (Å²) in [5, 5.41) is 4.19. The van der Waals surface area contributed by atoms with Crippen molar-refractivity contribution < 1.29 is 4.74 Å². The van der Waals surface area contributed by atoms with Crippen LogP contribution in [0.1, 0.15) is 13.8 Å². The number of aromatic nitrogens is 1. The number of thiazole rings is 1. The molecule has 2 rings (SSSR count). The fraction of sp³-hybridized carbons (Fsp3) is 0.364. The number of rotatable bonds is 4. The molecule has 1 N–H and O–H groups in total. The second-order valence-electron chi connectivity index (χ2n) is 3.11. The van der Waals surface area contributed by atoms with Crippen LogP contribution in [0.2, 0.25) is 0 Å². The molecule has 0 spiro atoms. The van der Waals surface area contributed by atoms with Gasteiger partial charge in [-0.05, 0) is 32.0 Å². The quantitative estimate of drug-likeness (QED) is 0.863. The minimum absolute atomic E-state index is 0.699. The number of fused-ring (bicyclic) bond motifs is 1. The smallest absolute Gasteiger partial charge is 0.183 e. The maximum Gasteiger partial charge on any atom is 0.183 e. The number of hydrogen-bond acceptors (Lipinski definition) is 4. The van der Waals surface area contributed by atoms with E-state index in [1.54, 1.807) is 11.3 Å². The van der Waals surface area contributed by atoms with Crippen molar-refractivity contribution in [2.45, 2.75) is 13.8 Å². The van der Waals surface area contributed by atoms with Crippen molar-refractivity contribution in [3.63, 3.8) is 0 Å². The summed E-state index contributed by atoms with van der Waals surface area (Å²) in [6.45, 7) is 5.65. The zero-order chi connectivity index (χ0) is 10.7. The second-order valence-corrected chi connectivity index (χ2v) is 4.14. The Bertz CT molecular complexity index is 449. The average Bonchev–Trinajstić information content (AvgIpc) is 2.60. The van der Waals surface area contributed by atoms with Gasteiger partial charge < -0.3 is 10.1 Å². The van der Waals surface area contributed by atoms with Gasteiger partial charge in [0.15, 0.2) is 5.13 Å². The Hall–Kier alpha value is -1.29. The number of hydrogen-bond donors (Lipinski definition) is 1. The van der Waals surface area contributed by atoms with Gasteiger partial charge >= 0.3 is 0 Å². The Labute approximate surface area is 93.1 Å². The predicted octanol–water partition coefficient (Wildman–Crippen LogP) is 3.13. The maximum absolute atomic E-state index is 5.44. The number of benzene rings is 1. The van der Waals surface area contributed by atoms with E-state index in [4.69, 9.17) is 4.74 Å². The van der Waals surface area contributed by atoms with E-state index in [0.29, 0.717) is 6.61 Å². The van der Waals surface area contributed by atoms with Gasteiger partial charge in [-0.3, -0.25) is 0 Å². The summed E-state index contributed by atoms with van der Waals surface area (Å²) in [5.41, 5.74) is 1.03. The van der Waals surface area contributed by atoms with Crippen molar-refractivity contribution in [2.75, 3.05) is 18.5 Å². The molecule has 1 aromatic carbocycles. The fourth-order valence-corrected chi connectivity index (χ4v) is 2.35. The molecule has 15 heavy (non-hydrogen) atoms. The molecule has 0 atom stereocenters. The van der Waals surface area contributed by atoms with E-state index in [1.165, 1.54) is 0 Å². The molecule has 0 unspecified atom stereocenters. The highest BCUT2D eigenvalue weighted by molar-refractivity contribution is 7.22. The summed E-state index contributed by atoms with van der Waals surface area (Å²) in [6, 6.07) is 6.00. The minimum Gasteiger partial charge on any atom is -0.494 e. The van der Waals surface area contributed by atoms with Crippen LogP contribution in [-0.4, -0.2) is 18.1 Å². The molecular weight excluding hydrogens is 208 g/mol. The normalized spacial score (nSPS) is 10.5. The van der Waals surface area contributed by atoms with E-state index in [-0.39, 0.29) is 0 Å².